The molecule has 3 atom stereocenters. The molecular weight excluding hydrogens is 264 g/mol. The zero-order valence-electron chi connectivity index (χ0n) is 11.3. The van der Waals surface area contributed by atoms with Gasteiger partial charge in [0.05, 0.1) is 5.92 Å². The number of aliphatic carboxylic acids is 1. The van der Waals surface area contributed by atoms with Gasteiger partial charge >= 0.3 is 5.97 Å². The fourth-order valence-electron chi connectivity index (χ4n) is 2.75. The number of carbonyl (C=O) groups is 1. The summed E-state index contributed by atoms with van der Waals surface area (Å²) in [4.78, 5) is 11.4. The number of thioether (sulfide) groups is 1. The second-order valence-corrected chi connectivity index (χ2v) is 6.36. The molecule has 1 saturated carbocycles. The first-order valence-electron chi connectivity index (χ1n) is 6.73. The van der Waals surface area contributed by atoms with Crippen molar-refractivity contribution in [2.24, 2.45) is 18.9 Å². The van der Waals surface area contributed by atoms with Crippen LogP contribution in [0.15, 0.2) is 5.16 Å². The van der Waals surface area contributed by atoms with Gasteiger partial charge in [-0.05, 0) is 35.6 Å². The van der Waals surface area contributed by atoms with Crippen molar-refractivity contribution in [3.63, 3.8) is 0 Å². The normalized spacial score (nSPS) is 27.4. The van der Waals surface area contributed by atoms with E-state index < -0.39 is 5.97 Å². The Hall–Kier alpha value is -1.11. The van der Waals surface area contributed by atoms with E-state index >= 15 is 0 Å². The highest BCUT2D eigenvalue weighted by Crippen LogP contribution is 2.40. The molecule has 0 spiro atoms. The first-order valence-corrected chi connectivity index (χ1v) is 7.61. The van der Waals surface area contributed by atoms with E-state index in [0.717, 1.165) is 25.7 Å². The van der Waals surface area contributed by atoms with Crippen LogP contribution in [-0.2, 0) is 11.8 Å². The van der Waals surface area contributed by atoms with Gasteiger partial charge in [-0.3, -0.25) is 4.79 Å². The molecule has 0 amide bonds. The molecule has 7 heteroatoms. The van der Waals surface area contributed by atoms with Gasteiger partial charge < -0.3 is 5.11 Å². The molecule has 0 bridgehead atoms. The van der Waals surface area contributed by atoms with Crippen molar-refractivity contribution < 1.29 is 9.90 Å². The van der Waals surface area contributed by atoms with Crippen molar-refractivity contribution in [2.45, 2.75) is 49.4 Å². The van der Waals surface area contributed by atoms with Crippen molar-refractivity contribution in [1.82, 2.24) is 20.2 Å². The average Bonchev–Trinajstić information content (AvgIpc) is 2.75. The summed E-state index contributed by atoms with van der Waals surface area (Å²) in [6.07, 6.45) is 5.08. The second kappa shape index (κ2) is 6.36. The Bertz CT molecular complexity index is 437. The molecule has 1 aromatic rings. The van der Waals surface area contributed by atoms with Crippen LogP contribution in [0.2, 0.25) is 0 Å². The Morgan fingerprint density at radius 3 is 2.89 bits per heavy atom. The van der Waals surface area contributed by atoms with Crippen LogP contribution >= 0.6 is 11.8 Å². The zero-order valence-corrected chi connectivity index (χ0v) is 12.1. The first-order chi connectivity index (χ1) is 9.11. The van der Waals surface area contributed by atoms with Gasteiger partial charge in [-0.25, -0.2) is 4.68 Å². The lowest BCUT2D eigenvalue weighted by Gasteiger charge is -2.33. The van der Waals surface area contributed by atoms with Crippen LogP contribution in [0, 0.1) is 11.8 Å². The number of tetrazole rings is 1. The SMILES string of the molecule is CCCC1CCC(C(=O)O)C(Sc2nnnn2C)C1. The lowest BCUT2D eigenvalue weighted by atomic mass is 9.80. The van der Waals surface area contributed by atoms with Crippen LogP contribution in [0.25, 0.3) is 0 Å². The molecule has 0 aromatic carbocycles. The fraction of sp³-hybridized carbons (Fsp3) is 0.833. The molecule has 3 unspecified atom stereocenters. The number of nitrogens with zero attached hydrogens (tertiary/aromatic N) is 4. The lowest BCUT2D eigenvalue weighted by Crippen LogP contribution is -2.33. The summed E-state index contributed by atoms with van der Waals surface area (Å²) in [5, 5.41) is 21.5. The highest BCUT2D eigenvalue weighted by Gasteiger charge is 2.36. The molecule has 1 heterocycles. The van der Waals surface area contributed by atoms with Crippen molar-refractivity contribution in [3.8, 4) is 0 Å². The van der Waals surface area contributed by atoms with E-state index in [4.69, 9.17) is 0 Å². The molecule has 2 rings (SSSR count). The first kappa shape index (κ1) is 14.3. The summed E-state index contributed by atoms with van der Waals surface area (Å²) in [7, 11) is 1.78. The minimum absolute atomic E-state index is 0.0764. The van der Waals surface area contributed by atoms with Gasteiger partial charge in [0.15, 0.2) is 0 Å². The lowest BCUT2D eigenvalue weighted by molar-refractivity contribution is -0.142. The van der Waals surface area contributed by atoms with Crippen LogP contribution in [-0.4, -0.2) is 36.5 Å². The number of aromatic nitrogens is 4. The highest BCUT2D eigenvalue weighted by molar-refractivity contribution is 7.99. The van der Waals surface area contributed by atoms with Gasteiger partial charge in [0, 0.05) is 12.3 Å². The van der Waals surface area contributed by atoms with Crippen LogP contribution in [0.1, 0.15) is 39.0 Å². The van der Waals surface area contributed by atoms with Crippen molar-refractivity contribution in [1.29, 1.82) is 0 Å². The van der Waals surface area contributed by atoms with Gasteiger partial charge in [-0.1, -0.05) is 31.5 Å². The van der Waals surface area contributed by atoms with E-state index in [1.165, 1.54) is 18.2 Å². The number of hydrogen-bond acceptors (Lipinski definition) is 5. The van der Waals surface area contributed by atoms with E-state index in [-0.39, 0.29) is 11.2 Å². The zero-order chi connectivity index (χ0) is 13.8. The third kappa shape index (κ3) is 3.46. The van der Waals surface area contributed by atoms with E-state index in [2.05, 4.69) is 22.4 Å². The van der Waals surface area contributed by atoms with Gasteiger partial charge in [-0.2, -0.15) is 0 Å². The topological polar surface area (TPSA) is 80.9 Å². The Balaban J connectivity index is 2.07. The highest BCUT2D eigenvalue weighted by atomic mass is 32.2. The van der Waals surface area contributed by atoms with Crippen molar-refractivity contribution in [2.75, 3.05) is 0 Å². The number of carboxylic acids is 1. The summed E-state index contributed by atoms with van der Waals surface area (Å²) < 4.78 is 1.60. The second-order valence-electron chi connectivity index (χ2n) is 5.15. The Morgan fingerprint density at radius 2 is 2.32 bits per heavy atom. The van der Waals surface area contributed by atoms with Crippen LogP contribution in [0.4, 0.5) is 0 Å². The van der Waals surface area contributed by atoms with Gasteiger partial charge in [0.2, 0.25) is 5.16 Å². The van der Waals surface area contributed by atoms with Crippen LogP contribution < -0.4 is 0 Å². The molecule has 0 radical (unpaired) electrons. The molecule has 1 fully saturated rings. The molecule has 19 heavy (non-hydrogen) atoms. The van der Waals surface area contributed by atoms with Crippen LogP contribution in [0.3, 0.4) is 0 Å². The Morgan fingerprint density at radius 1 is 1.53 bits per heavy atom. The summed E-state index contributed by atoms with van der Waals surface area (Å²) >= 11 is 1.51. The minimum atomic E-state index is -0.692. The quantitative estimate of drug-likeness (QED) is 0.890. The number of aryl methyl sites for hydroxylation is 1. The smallest absolute Gasteiger partial charge is 0.307 e. The predicted molar refractivity (Wildman–Crippen MR) is 71.8 cm³/mol. The summed E-state index contributed by atoms with van der Waals surface area (Å²) in [6.45, 7) is 2.18. The number of carboxylic acid groups (broad SMARTS) is 1. The van der Waals surface area contributed by atoms with Crippen LogP contribution in [0.5, 0.6) is 0 Å². The maximum Gasteiger partial charge on any atom is 0.307 e. The standard InChI is InChI=1S/C12H20N4O2S/c1-3-4-8-5-6-9(11(17)18)10(7-8)19-12-13-14-15-16(12)2/h8-10H,3-7H2,1-2H3,(H,17,18). The fourth-order valence-corrected chi connectivity index (χ4v) is 4.08. The maximum atomic E-state index is 11.4. The number of rotatable bonds is 5. The van der Waals surface area contributed by atoms with Gasteiger partial charge in [-0.15, -0.1) is 5.10 Å². The summed E-state index contributed by atoms with van der Waals surface area (Å²) in [5.41, 5.74) is 0. The molecular formula is C12H20N4O2S. The molecule has 1 aliphatic carbocycles. The number of hydrogen-bond donors (Lipinski definition) is 1. The predicted octanol–water partition coefficient (Wildman–Crippen LogP) is 1.97. The molecule has 0 saturated heterocycles. The van der Waals surface area contributed by atoms with Crippen molar-refractivity contribution >= 4 is 17.7 Å². The Labute approximate surface area is 117 Å². The molecule has 0 aliphatic heterocycles. The largest absolute Gasteiger partial charge is 0.481 e. The van der Waals surface area contributed by atoms with Gasteiger partial charge in [0.25, 0.3) is 0 Å². The maximum absolute atomic E-state index is 11.4. The van der Waals surface area contributed by atoms with Gasteiger partial charge in [0.1, 0.15) is 0 Å². The third-order valence-corrected chi connectivity index (χ3v) is 5.13. The summed E-state index contributed by atoms with van der Waals surface area (Å²) in [6, 6.07) is 0. The molecule has 106 valence electrons. The van der Waals surface area contributed by atoms with E-state index in [1.807, 2.05) is 0 Å². The van der Waals surface area contributed by atoms with Crippen molar-refractivity contribution in [3.05, 3.63) is 0 Å². The Kier molecular flexibility index (Phi) is 4.79. The molecule has 1 N–H and O–H groups in total. The van der Waals surface area contributed by atoms with E-state index in [9.17, 15) is 9.90 Å². The molecule has 6 nitrogen and oxygen atoms in total. The molecule has 1 aromatic heterocycles. The third-order valence-electron chi connectivity index (χ3n) is 3.75. The minimum Gasteiger partial charge on any atom is -0.481 e. The monoisotopic (exact) mass is 284 g/mol. The average molecular weight is 284 g/mol. The van der Waals surface area contributed by atoms with E-state index in [1.54, 1.807) is 11.7 Å². The molecule has 1 aliphatic rings. The summed E-state index contributed by atoms with van der Waals surface area (Å²) in [5.74, 6) is -0.336. The van der Waals surface area contributed by atoms with E-state index in [0.29, 0.717) is 11.1 Å².